The van der Waals surface area contributed by atoms with Crippen LogP contribution >= 0.6 is 0 Å². The molecule has 0 radical (unpaired) electrons. The van der Waals surface area contributed by atoms with Crippen molar-refractivity contribution in [2.45, 2.75) is 6.92 Å². The molecule has 0 aliphatic carbocycles. The standard InChI is InChI=1S/C19H22N4O3/c1-14-3-5-15(6-4-14)19(24)22-11-9-21(10-12-22)16-7-8-18(23(25)26)17(13-16)20-2/h3-8,13,20H,9-12H2,1-2H3. The van der Waals surface area contributed by atoms with E-state index in [9.17, 15) is 14.9 Å². The van der Waals surface area contributed by atoms with Crippen LogP contribution in [-0.4, -0.2) is 49.0 Å². The third kappa shape index (κ3) is 3.61. The average molecular weight is 354 g/mol. The molecule has 2 aromatic rings. The number of aryl methyl sites for hydroxylation is 1. The Morgan fingerprint density at radius 3 is 2.31 bits per heavy atom. The number of hydrogen-bond donors (Lipinski definition) is 1. The van der Waals surface area contributed by atoms with Gasteiger partial charge >= 0.3 is 0 Å². The molecule has 26 heavy (non-hydrogen) atoms. The first-order valence-electron chi connectivity index (χ1n) is 8.56. The van der Waals surface area contributed by atoms with E-state index in [1.165, 1.54) is 6.07 Å². The van der Waals surface area contributed by atoms with E-state index in [1.54, 1.807) is 19.2 Å². The molecule has 1 aliphatic rings. The lowest BCUT2D eigenvalue weighted by Crippen LogP contribution is -2.48. The molecular weight excluding hydrogens is 332 g/mol. The van der Waals surface area contributed by atoms with Crippen molar-refractivity contribution in [1.82, 2.24) is 4.90 Å². The van der Waals surface area contributed by atoms with E-state index in [0.717, 1.165) is 11.3 Å². The fourth-order valence-corrected chi connectivity index (χ4v) is 3.13. The third-order valence-corrected chi connectivity index (χ3v) is 4.68. The number of piperazine rings is 1. The molecule has 2 aromatic carbocycles. The summed E-state index contributed by atoms with van der Waals surface area (Å²) in [7, 11) is 1.67. The van der Waals surface area contributed by atoms with Crippen molar-refractivity contribution in [3.05, 3.63) is 63.7 Å². The smallest absolute Gasteiger partial charge is 0.292 e. The minimum absolute atomic E-state index is 0.0456. The van der Waals surface area contributed by atoms with Crippen LogP contribution in [0.2, 0.25) is 0 Å². The maximum Gasteiger partial charge on any atom is 0.292 e. The molecule has 0 unspecified atom stereocenters. The third-order valence-electron chi connectivity index (χ3n) is 4.68. The quantitative estimate of drug-likeness (QED) is 0.675. The van der Waals surface area contributed by atoms with E-state index in [4.69, 9.17) is 0 Å². The van der Waals surface area contributed by atoms with Gasteiger partial charge in [0.2, 0.25) is 0 Å². The van der Waals surface area contributed by atoms with E-state index in [-0.39, 0.29) is 11.6 Å². The number of hydrogen-bond acceptors (Lipinski definition) is 5. The van der Waals surface area contributed by atoms with Gasteiger partial charge in [0.15, 0.2) is 0 Å². The van der Waals surface area contributed by atoms with E-state index in [0.29, 0.717) is 37.4 Å². The van der Waals surface area contributed by atoms with E-state index >= 15 is 0 Å². The van der Waals surface area contributed by atoms with Crippen molar-refractivity contribution in [3.8, 4) is 0 Å². The van der Waals surface area contributed by atoms with Gasteiger partial charge in [-0.05, 0) is 31.2 Å². The molecule has 136 valence electrons. The zero-order chi connectivity index (χ0) is 18.7. The second-order valence-electron chi connectivity index (χ2n) is 6.35. The Morgan fingerprint density at radius 1 is 1.08 bits per heavy atom. The molecule has 0 aromatic heterocycles. The highest BCUT2D eigenvalue weighted by Gasteiger charge is 2.23. The fraction of sp³-hybridized carbons (Fsp3) is 0.316. The van der Waals surface area contributed by atoms with Crippen LogP contribution in [0, 0.1) is 17.0 Å². The highest BCUT2D eigenvalue weighted by molar-refractivity contribution is 5.94. The number of nitro groups is 1. The summed E-state index contributed by atoms with van der Waals surface area (Å²) in [5.41, 5.74) is 3.30. The van der Waals surface area contributed by atoms with Gasteiger partial charge in [0.1, 0.15) is 5.69 Å². The van der Waals surface area contributed by atoms with Crippen LogP contribution in [0.5, 0.6) is 0 Å². The van der Waals surface area contributed by atoms with Gasteiger partial charge in [-0.1, -0.05) is 17.7 Å². The van der Waals surface area contributed by atoms with Crippen LogP contribution in [0.25, 0.3) is 0 Å². The molecule has 1 fully saturated rings. The molecule has 1 aliphatic heterocycles. The number of carbonyl (C=O) groups is 1. The van der Waals surface area contributed by atoms with Crippen molar-refractivity contribution in [2.24, 2.45) is 0 Å². The van der Waals surface area contributed by atoms with Crippen molar-refractivity contribution in [1.29, 1.82) is 0 Å². The van der Waals surface area contributed by atoms with Gasteiger partial charge in [-0.15, -0.1) is 0 Å². The molecule has 0 bridgehead atoms. The number of anilines is 2. The van der Waals surface area contributed by atoms with Crippen LogP contribution in [-0.2, 0) is 0 Å². The van der Waals surface area contributed by atoms with E-state index in [2.05, 4.69) is 10.2 Å². The van der Waals surface area contributed by atoms with Crippen LogP contribution in [0.1, 0.15) is 15.9 Å². The molecule has 1 heterocycles. The topological polar surface area (TPSA) is 78.7 Å². The monoisotopic (exact) mass is 354 g/mol. The zero-order valence-corrected chi connectivity index (χ0v) is 14.9. The summed E-state index contributed by atoms with van der Waals surface area (Å²) in [5, 5.41) is 13.9. The largest absolute Gasteiger partial charge is 0.383 e. The fourth-order valence-electron chi connectivity index (χ4n) is 3.13. The number of benzene rings is 2. The molecule has 7 nitrogen and oxygen atoms in total. The Hall–Kier alpha value is -3.09. The molecule has 0 spiro atoms. The number of amides is 1. The minimum atomic E-state index is -0.395. The Morgan fingerprint density at radius 2 is 1.73 bits per heavy atom. The van der Waals surface area contributed by atoms with Crippen molar-refractivity contribution in [3.63, 3.8) is 0 Å². The molecule has 7 heteroatoms. The van der Waals surface area contributed by atoms with Gasteiger partial charge in [0.25, 0.3) is 11.6 Å². The second kappa shape index (κ2) is 7.43. The summed E-state index contributed by atoms with van der Waals surface area (Å²) < 4.78 is 0. The first-order chi connectivity index (χ1) is 12.5. The summed E-state index contributed by atoms with van der Waals surface area (Å²) in [6, 6.07) is 12.7. The molecule has 3 rings (SSSR count). The van der Waals surface area contributed by atoms with Gasteiger partial charge in [-0.25, -0.2) is 0 Å². The normalized spacial score (nSPS) is 14.2. The maximum atomic E-state index is 12.6. The summed E-state index contributed by atoms with van der Waals surface area (Å²) >= 11 is 0. The number of nitro benzene ring substituents is 1. The minimum Gasteiger partial charge on any atom is -0.383 e. The predicted molar refractivity (Wildman–Crippen MR) is 102 cm³/mol. The molecule has 1 N–H and O–H groups in total. The van der Waals surface area contributed by atoms with Gasteiger partial charge in [0.05, 0.1) is 4.92 Å². The molecule has 1 saturated heterocycles. The van der Waals surface area contributed by atoms with Gasteiger partial charge < -0.3 is 15.1 Å². The number of nitrogens with zero attached hydrogens (tertiary/aromatic N) is 3. The first-order valence-corrected chi connectivity index (χ1v) is 8.56. The lowest BCUT2D eigenvalue weighted by molar-refractivity contribution is -0.383. The number of nitrogens with one attached hydrogen (secondary N) is 1. The Labute approximate surface area is 152 Å². The highest BCUT2D eigenvalue weighted by atomic mass is 16.6. The molecule has 1 amide bonds. The van der Waals surface area contributed by atoms with Crippen LogP contribution < -0.4 is 10.2 Å². The Balaban J connectivity index is 1.67. The van der Waals surface area contributed by atoms with Crippen LogP contribution in [0.3, 0.4) is 0 Å². The summed E-state index contributed by atoms with van der Waals surface area (Å²) in [6.07, 6.45) is 0. The van der Waals surface area contributed by atoms with Crippen LogP contribution in [0.15, 0.2) is 42.5 Å². The SMILES string of the molecule is CNc1cc(N2CCN(C(=O)c3ccc(C)cc3)CC2)ccc1[N+](=O)[O-]. The summed E-state index contributed by atoms with van der Waals surface area (Å²) in [5.74, 6) is 0.0456. The highest BCUT2D eigenvalue weighted by Crippen LogP contribution is 2.29. The van der Waals surface area contributed by atoms with Crippen molar-refractivity contribution >= 4 is 23.0 Å². The zero-order valence-electron chi connectivity index (χ0n) is 14.9. The first kappa shape index (κ1) is 17.7. The summed E-state index contributed by atoms with van der Waals surface area (Å²) in [4.78, 5) is 27.2. The molecular formula is C19H22N4O3. The lowest BCUT2D eigenvalue weighted by atomic mass is 10.1. The van der Waals surface area contributed by atoms with Crippen LogP contribution in [0.4, 0.5) is 17.1 Å². The van der Waals surface area contributed by atoms with E-state index < -0.39 is 4.92 Å². The Kier molecular flexibility index (Phi) is 5.06. The second-order valence-corrected chi connectivity index (χ2v) is 6.35. The van der Waals surface area contributed by atoms with Gasteiger partial charge in [-0.3, -0.25) is 14.9 Å². The lowest BCUT2D eigenvalue weighted by Gasteiger charge is -2.36. The molecule has 0 saturated carbocycles. The van der Waals surface area contributed by atoms with E-state index in [1.807, 2.05) is 36.1 Å². The summed E-state index contributed by atoms with van der Waals surface area (Å²) in [6.45, 7) is 4.63. The average Bonchev–Trinajstić information content (AvgIpc) is 2.67. The molecule has 0 atom stereocenters. The van der Waals surface area contributed by atoms with Crippen molar-refractivity contribution < 1.29 is 9.72 Å². The Bertz CT molecular complexity index is 812. The van der Waals surface area contributed by atoms with Crippen molar-refractivity contribution in [2.75, 3.05) is 43.4 Å². The maximum absolute atomic E-state index is 12.6. The van der Waals surface area contributed by atoms with Gasteiger partial charge in [-0.2, -0.15) is 0 Å². The number of rotatable bonds is 4. The number of carbonyl (C=O) groups excluding carboxylic acids is 1. The van der Waals surface area contributed by atoms with Gasteiger partial charge in [0, 0.05) is 50.5 Å². The predicted octanol–water partition coefficient (Wildman–Crippen LogP) is 2.91.